The van der Waals surface area contributed by atoms with Gasteiger partial charge in [0, 0.05) is 45.2 Å². The number of hydrogen-bond acceptors (Lipinski definition) is 4. The second-order valence-electron chi connectivity index (χ2n) is 9.56. The van der Waals surface area contributed by atoms with Gasteiger partial charge in [0.25, 0.3) is 0 Å². The molecule has 1 aromatic heterocycles. The van der Waals surface area contributed by atoms with E-state index in [0.29, 0.717) is 56.7 Å². The molecule has 3 aliphatic rings. The summed E-state index contributed by atoms with van der Waals surface area (Å²) in [6.45, 7) is 3.89. The lowest BCUT2D eigenvalue weighted by Crippen LogP contribution is -2.45. The number of rotatable bonds is 3. The molecule has 0 aliphatic carbocycles. The summed E-state index contributed by atoms with van der Waals surface area (Å²) >= 11 is 0. The van der Waals surface area contributed by atoms with Gasteiger partial charge in [0.05, 0.1) is 24.3 Å². The van der Waals surface area contributed by atoms with Crippen LogP contribution in [0.15, 0.2) is 36.7 Å². The van der Waals surface area contributed by atoms with Crippen LogP contribution < -0.4 is 4.74 Å². The first kappa shape index (κ1) is 24.2. The summed E-state index contributed by atoms with van der Waals surface area (Å²) in [5.74, 6) is 0.305. The lowest BCUT2D eigenvalue weighted by Gasteiger charge is -2.31. The van der Waals surface area contributed by atoms with Crippen molar-refractivity contribution in [2.45, 2.75) is 32.2 Å². The van der Waals surface area contributed by atoms with Crippen LogP contribution in [0.3, 0.4) is 0 Å². The quantitative estimate of drug-likeness (QED) is 0.649. The summed E-state index contributed by atoms with van der Waals surface area (Å²) in [7, 11) is 0. The maximum atomic E-state index is 13.1. The lowest BCUT2D eigenvalue weighted by molar-refractivity contribution is -0.274. The molecule has 36 heavy (non-hydrogen) atoms. The number of urea groups is 1. The van der Waals surface area contributed by atoms with Crippen molar-refractivity contribution in [3.8, 4) is 5.75 Å². The molecule has 4 heterocycles. The Balaban J connectivity index is 1.11. The first-order valence-electron chi connectivity index (χ1n) is 12.1. The molecule has 0 radical (unpaired) electrons. The summed E-state index contributed by atoms with van der Waals surface area (Å²) in [5.41, 5.74) is 2.66. The third-order valence-corrected chi connectivity index (χ3v) is 7.28. The minimum Gasteiger partial charge on any atom is -0.406 e. The van der Waals surface area contributed by atoms with E-state index in [-0.39, 0.29) is 17.7 Å². The maximum absolute atomic E-state index is 13.1. The number of H-pyrrole nitrogens is 1. The highest BCUT2D eigenvalue weighted by molar-refractivity contribution is 5.91. The number of nitrogens with one attached hydrogen (secondary N) is 1. The zero-order valence-corrected chi connectivity index (χ0v) is 19.7. The number of amides is 3. The number of ether oxygens (including phenoxy) is 1. The number of aromatic nitrogens is 2. The number of halogens is 3. The van der Waals surface area contributed by atoms with Crippen molar-refractivity contribution in [2.75, 3.05) is 32.7 Å². The van der Waals surface area contributed by atoms with Crippen molar-refractivity contribution in [1.82, 2.24) is 24.7 Å². The smallest absolute Gasteiger partial charge is 0.406 e. The third-order valence-electron chi connectivity index (χ3n) is 7.28. The van der Waals surface area contributed by atoms with Crippen LogP contribution in [0.5, 0.6) is 5.75 Å². The van der Waals surface area contributed by atoms with Gasteiger partial charge in [-0.05, 0) is 48.4 Å². The molecular weight excluding hydrogens is 475 g/mol. The number of likely N-dealkylation sites (tertiary alicyclic amines) is 2. The number of carbonyl (C=O) groups excluding carboxylic acids is 2. The summed E-state index contributed by atoms with van der Waals surface area (Å²) in [6, 6.07) is 5.45. The van der Waals surface area contributed by atoms with Crippen LogP contribution in [0.4, 0.5) is 18.0 Å². The molecule has 2 aromatic rings. The predicted octanol–water partition coefficient (Wildman–Crippen LogP) is 3.67. The van der Waals surface area contributed by atoms with Gasteiger partial charge in [-0.2, -0.15) is 0 Å². The van der Waals surface area contributed by atoms with E-state index < -0.39 is 6.36 Å². The monoisotopic (exact) mass is 503 g/mol. The van der Waals surface area contributed by atoms with Crippen molar-refractivity contribution in [3.05, 3.63) is 53.6 Å². The zero-order chi connectivity index (χ0) is 25.3. The Morgan fingerprint density at radius 2 is 1.69 bits per heavy atom. The molecule has 2 fully saturated rings. The molecule has 0 spiro atoms. The highest BCUT2D eigenvalue weighted by Gasteiger charge is 2.39. The number of nitrogens with zero attached hydrogens (tertiary/aromatic N) is 4. The molecule has 0 unspecified atom stereocenters. The Morgan fingerprint density at radius 3 is 2.36 bits per heavy atom. The number of hydrogen-bond donors (Lipinski definition) is 1. The predicted molar refractivity (Wildman–Crippen MR) is 125 cm³/mol. The van der Waals surface area contributed by atoms with Gasteiger partial charge >= 0.3 is 12.4 Å². The zero-order valence-electron chi connectivity index (χ0n) is 19.7. The van der Waals surface area contributed by atoms with Crippen LogP contribution in [0, 0.1) is 11.8 Å². The van der Waals surface area contributed by atoms with Gasteiger partial charge in [0.2, 0.25) is 5.91 Å². The highest BCUT2D eigenvalue weighted by atomic mass is 19.4. The van der Waals surface area contributed by atoms with Crippen LogP contribution in [0.1, 0.15) is 29.8 Å². The van der Waals surface area contributed by atoms with E-state index in [1.165, 1.54) is 30.3 Å². The van der Waals surface area contributed by atoms with E-state index in [4.69, 9.17) is 0 Å². The number of alkyl halides is 3. The van der Waals surface area contributed by atoms with Crippen molar-refractivity contribution < 1.29 is 27.5 Å². The van der Waals surface area contributed by atoms with Crippen LogP contribution >= 0.6 is 0 Å². The van der Waals surface area contributed by atoms with Crippen molar-refractivity contribution >= 4 is 18.0 Å². The van der Waals surface area contributed by atoms with Gasteiger partial charge in [-0.15, -0.1) is 13.2 Å². The molecule has 1 aromatic carbocycles. The van der Waals surface area contributed by atoms with Gasteiger partial charge in [-0.1, -0.05) is 12.1 Å². The molecule has 5 rings (SSSR count). The van der Waals surface area contributed by atoms with Gasteiger partial charge in [0.15, 0.2) is 0 Å². The van der Waals surface area contributed by atoms with Crippen LogP contribution in [0.25, 0.3) is 6.08 Å². The van der Waals surface area contributed by atoms with Crippen molar-refractivity contribution in [2.24, 2.45) is 11.8 Å². The maximum Gasteiger partial charge on any atom is 0.573 e. The van der Waals surface area contributed by atoms with Crippen LogP contribution in [-0.4, -0.2) is 75.7 Å². The Kier molecular flexibility index (Phi) is 6.63. The SMILES string of the molecule is O=C(C=Cc1ccc(OC(F)(F)F)cc1)N1CC[C@@H]2CN(C(=O)N3CCc4nc[nH]c4C3)C[C@@H]2CC1. The van der Waals surface area contributed by atoms with E-state index in [9.17, 15) is 22.8 Å². The topological polar surface area (TPSA) is 81.8 Å². The van der Waals surface area contributed by atoms with Crippen molar-refractivity contribution in [3.63, 3.8) is 0 Å². The average molecular weight is 504 g/mol. The molecule has 2 atom stereocenters. The van der Waals surface area contributed by atoms with E-state index in [1.807, 2.05) is 14.7 Å². The van der Waals surface area contributed by atoms with Crippen LogP contribution in [0.2, 0.25) is 0 Å². The molecule has 0 saturated carbocycles. The summed E-state index contributed by atoms with van der Waals surface area (Å²) in [4.78, 5) is 38.9. The summed E-state index contributed by atoms with van der Waals surface area (Å²) in [5, 5.41) is 0. The Hall–Kier alpha value is -3.50. The molecule has 8 nitrogen and oxygen atoms in total. The molecular formula is C25H28F3N5O3. The molecule has 1 N–H and O–H groups in total. The molecule has 2 saturated heterocycles. The fraction of sp³-hybridized carbons (Fsp3) is 0.480. The van der Waals surface area contributed by atoms with Gasteiger partial charge in [-0.3, -0.25) is 4.79 Å². The minimum absolute atomic E-state index is 0.0749. The van der Waals surface area contributed by atoms with E-state index in [1.54, 1.807) is 12.4 Å². The molecule has 11 heteroatoms. The molecule has 192 valence electrons. The minimum atomic E-state index is -4.74. The van der Waals surface area contributed by atoms with Gasteiger partial charge in [-0.25, -0.2) is 9.78 Å². The number of carbonyl (C=O) groups is 2. The number of aromatic amines is 1. The first-order valence-corrected chi connectivity index (χ1v) is 12.1. The molecule has 0 bridgehead atoms. The molecule has 3 amide bonds. The second-order valence-corrected chi connectivity index (χ2v) is 9.56. The van der Waals surface area contributed by atoms with Crippen LogP contribution in [-0.2, 0) is 17.8 Å². The van der Waals surface area contributed by atoms with Gasteiger partial charge in [0.1, 0.15) is 5.75 Å². The number of imidazole rings is 1. The number of benzene rings is 1. The fourth-order valence-corrected chi connectivity index (χ4v) is 5.35. The lowest BCUT2D eigenvalue weighted by atomic mass is 9.92. The average Bonchev–Trinajstić information content (AvgIpc) is 3.44. The Labute approximate surface area is 206 Å². The second kappa shape index (κ2) is 9.87. The van der Waals surface area contributed by atoms with Crippen molar-refractivity contribution in [1.29, 1.82) is 0 Å². The standard InChI is InChI=1S/C25H28F3N5O3/c26-25(27,28)36-20-4-1-17(2-5-20)3-6-23(34)31-10-7-18-13-33(14-19(18)8-11-31)24(35)32-12-9-21-22(15-32)30-16-29-21/h1-6,16,18-19H,7-15H2,(H,29,30)/t18-,19+. The van der Waals surface area contributed by atoms with E-state index in [0.717, 1.165) is 30.7 Å². The Morgan fingerprint density at radius 1 is 1.00 bits per heavy atom. The highest BCUT2D eigenvalue weighted by Crippen LogP contribution is 2.33. The molecule has 3 aliphatic heterocycles. The van der Waals surface area contributed by atoms with E-state index >= 15 is 0 Å². The summed E-state index contributed by atoms with van der Waals surface area (Å²) < 4.78 is 40.7. The normalized spacial score (nSPS) is 22.4. The van der Waals surface area contributed by atoms with E-state index in [2.05, 4.69) is 14.7 Å². The third kappa shape index (κ3) is 5.50. The fourth-order valence-electron chi connectivity index (χ4n) is 5.35. The largest absolute Gasteiger partial charge is 0.573 e. The van der Waals surface area contributed by atoms with Gasteiger partial charge < -0.3 is 24.4 Å². The Bertz CT molecular complexity index is 1110. The summed E-state index contributed by atoms with van der Waals surface area (Å²) in [6.07, 6.45) is 2.43. The first-order chi connectivity index (χ1) is 17.2. The number of fused-ring (bicyclic) bond motifs is 2.